The maximum Gasteiger partial charge on any atom is 0.340 e. The van der Waals surface area contributed by atoms with Crippen molar-refractivity contribution < 1.29 is 45.5 Å². The van der Waals surface area contributed by atoms with Gasteiger partial charge in [0, 0.05) is 50.8 Å². The van der Waals surface area contributed by atoms with Crippen LogP contribution in [0.4, 0.5) is 17.6 Å². The number of ether oxygens (including phenoxy) is 2. The third-order valence-corrected chi connectivity index (χ3v) is 8.66. The molecule has 1 aromatic heterocycles. The van der Waals surface area contributed by atoms with Gasteiger partial charge >= 0.3 is 12.3 Å². The van der Waals surface area contributed by atoms with Crippen LogP contribution >= 0.6 is 0 Å². The second-order valence-electron chi connectivity index (χ2n) is 8.00. The zero-order valence-electron chi connectivity index (χ0n) is 17.6. The molecule has 0 spiro atoms. The van der Waals surface area contributed by atoms with E-state index in [1.165, 1.54) is 21.9 Å². The van der Waals surface area contributed by atoms with Gasteiger partial charge in [0.1, 0.15) is 5.75 Å². The van der Waals surface area contributed by atoms with Crippen LogP contribution in [0.5, 0.6) is 5.75 Å². The van der Waals surface area contributed by atoms with Crippen molar-refractivity contribution >= 4 is 15.9 Å². The maximum absolute atomic E-state index is 13.3. The molecule has 14 heteroatoms. The van der Waals surface area contributed by atoms with Crippen LogP contribution in [0, 0.1) is 0 Å². The summed E-state index contributed by atoms with van der Waals surface area (Å²) < 4.78 is 86.3. The van der Waals surface area contributed by atoms with Crippen LogP contribution in [-0.2, 0) is 19.6 Å². The third-order valence-electron chi connectivity index (χ3n) is 6.03. The van der Waals surface area contributed by atoms with E-state index in [-0.39, 0.29) is 50.8 Å². The Bertz CT molecular complexity index is 918. The molecule has 1 aromatic rings. The van der Waals surface area contributed by atoms with Gasteiger partial charge in [0.2, 0.25) is 10.0 Å². The van der Waals surface area contributed by atoms with Crippen molar-refractivity contribution in [3.05, 3.63) is 24.0 Å². The minimum atomic E-state index is -4.27. The molecule has 0 atom stereocenters. The summed E-state index contributed by atoms with van der Waals surface area (Å²) >= 11 is 0. The molecule has 0 saturated carbocycles. The predicted molar refractivity (Wildman–Crippen MR) is 106 cm³/mol. The van der Waals surface area contributed by atoms with E-state index < -0.39 is 39.6 Å². The highest BCUT2D eigenvalue weighted by Gasteiger charge is 2.54. The van der Waals surface area contributed by atoms with E-state index in [9.17, 15) is 30.8 Å². The predicted octanol–water partition coefficient (Wildman–Crippen LogP) is 1.92. The minimum Gasteiger partial charge on any atom is -0.485 e. The molecule has 2 fully saturated rings. The van der Waals surface area contributed by atoms with Gasteiger partial charge in [-0.1, -0.05) is 0 Å². The van der Waals surface area contributed by atoms with E-state index in [1.54, 1.807) is 0 Å². The van der Waals surface area contributed by atoms with Crippen molar-refractivity contribution in [3.63, 3.8) is 0 Å². The minimum absolute atomic E-state index is 0.0741. The average molecular weight is 499 g/mol. The highest BCUT2D eigenvalue weighted by molar-refractivity contribution is 7.91. The average Bonchev–Trinajstić information content (AvgIpc) is 2.83. The number of nitrogens with one attached hydrogen (secondary N) is 1. The standard InChI is InChI=1S/C19H25F4N3O6S/c20-16(21)19(22,23)12-32-14-1-2-15(24-11-14)13-3-7-26(8-4-13)33(29,30)18(17(27)25-28)5-9-31-10-6-18/h1-2,11,13,16,28H,3-10,12H2,(H,25,27). The number of pyridine rings is 1. The van der Waals surface area contributed by atoms with Gasteiger partial charge in [0.05, 0.1) is 6.20 Å². The molecule has 0 aliphatic carbocycles. The number of nitrogens with zero attached hydrogens (tertiary/aromatic N) is 2. The number of halogens is 4. The summed E-state index contributed by atoms with van der Waals surface area (Å²) in [4.78, 5) is 16.5. The molecular weight excluding hydrogens is 474 g/mol. The van der Waals surface area contributed by atoms with E-state index in [0.717, 1.165) is 6.20 Å². The third kappa shape index (κ3) is 5.23. The van der Waals surface area contributed by atoms with Crippen molar-refractivity contribution in [1.29, 1.82) is 0 Å². The van der Waals surface area contributed by atoms with Crippen molar-refractivity contribution in [2.24, 2.45) is 0 Å². The second kappa shape index (κ2) is 10.1. The maximum atomic E-state index is 13.3. The monoisotopic (exact) mass is 499 g/mol. The molecular formula is C19H25F4N3O6S. The van der Waals surface area contributed by atoms with Gasteiger partial charge in [-0.2, -0.15) is 8.78 Å². The van der Waals surface area contributed by atoms with Crippen LogP contribution in [0.3, 0.4) is 0 Å². The van der Waals surface area contributed by atoms with Crippen LogP contribution in [0.25, 0.3) is 0 Å². The Morgan fingerprint density at radius 2 is 1.94 bits per heavy atom. The summed E-state index contributed by atoms with van der Waals surface area (Å²) in [5.74, 6) is -5.48. The molecule has 2 saturated heterocycles. The Labute approximate surface area is 188 Å². The van der Waals surface area contributed by atoms with E-state index >= 15 is 0 Å². The fourth-order valence-corrected chi connectivity index (χ4v) is 6.15. The summed E-state index contributed by atoms with van der Waals surface area (Å²) in [5, 5.41) is 9.12. The van der Waals surface area contributed by atoms with E-state index in [2.05, 4.69) is 4.98 Å². The second-order valence-corrected chi connectivity index (χ2v) is 10.2. The van der Waals surface area contributed by atoms with Gasteiger partial charge in [-0.25, -0.2) is 27.0 Å². The number of alkyl halides is 4. The number of hydrogen-bond acceptors (Lipinski definition) is 7. The molecule has 2 aliphatic heterocycles. The lowest BCUT2D eigenvalue weighted by molar-refractivity contribution is -0.148. The van der Waals surface area contributed by atoms with Gasteiger partial charge in [-0.3, -0.25) is 15.0 Å². The number of sulfonamides is 1. The van der Waals surface area contributed by atoms with Crippen LogP contribution in [0.2, 0.25) is 0 Å². The van der Waals surface area contributed by atoms with Crippen molar-refractivity contribution in [3.8, 4) is 5.75 Å². The quantitative estimate of drug-likeness (QED) is 0.319. The highest BCUT2D eigenvalue weighted by Crippen LogP contribution is 2.36. The Kier molecular flexibility index (Phi) is 7.81. The van der Waals surface area contributed by atoms with E-state index in [0.29, 0.717) is 18.5 Å². The number of carbonyl (C=O) groups excluding carboxylic acids is 1. The van der Waals surface area contributed by atoms with Gasteiger partial charge in [0.15, 0.2) is 11.4 Å². The number of carbonyl (C=O) groups is 1. The zero-order chi connectivity index (χ0) is 24.3. The topological polar surface area (TPSA) is 118 Å². The Morgan fingerprint density at radius 3 is 2.45 bits per heavy atom. The molecule has 0 bridgehead atoms. The van der Waals surface area contributed by atoms with E-state index in [4.69, 9.17) is 14.7 Å². The molecule has 9 nitrogen and oxygen atoms in total. The fourth-order valence-electron chi connectivity index (χ4n) is 4.01. The van der Waals surface area contributed by atoms with Gasteiger partial charge in [-0.05, 0) is 25.0 Å². The lowest BCUT2D eigenvalue weighted by Gasteiger charge is -2.40. The number of piperidine rings is 1. The van der Waals surface area contributed by atoms with Crippen molar-refractivity contribution in [1.82, 2.24) is 14.8 Å². The Morgan fingerprint density at radius 1 is 1.30 bits per heavy atom. The smallest absolute Gasteiger partial charge is 0.340 e. The number of hydroxylamine groups is 1. The summed E-state index contributed by atoms with van der Waals surface area (Å²) in [7, 11) is -4.09. The van der Waals surface area contributed by atoms with Gasteiger partial charge in [0.25, 0.3) is 5.91 Å². The van der Waals surface area contributed by atoms with Crippen molar-refractivity contribution in [2.45, 2.75) is 48.7 Å². The van der Waals surface area contributed by atoms with Crippen LogP contribution < -0.4 is 10.2 Å². The molecule has 3 heterocycles. The number of hydrogen-bond donors (Lipinski definition) is 2. The largest absolute Gasteiger partial charge is 0.485 e. The summed E-state index contributed by atoms with van der Waals surface area (Å²) in [5.41, 5.74) is 2.05. The van der Waals surface area contributed by atoms with Gasteiger partial charge in [-0.15, -0.1) is 0 Å². The molecule has 186 valence electrons. The summed E-state index contributed by atoms with van der Waals surface area (Å²) in [6, 6.07) is 2.86. The first-order valence-corrected chi connectivity index (χ1v) is 11.7. The fraction of sp³-hybridized carbons (Fsp3) is 0.684. The van der Waals surface area contributed by atoms with Gasteiger partial charge < -0.3 is 9.47 Å². The van der Waals surface area contributed by atoms with Crippen molar-refractivity contribution in [2.75, 3.05) is 32.9 Å². The lowest BCUT2D eigenvalue weighted by Crippen LogP contribution is -2.60. The summed E-state index contributed by atoms with van der Waals surface area (Å²) in [6.45, 7) is -1.09. The summed E-state index contributed by atoms with van der Waals surface area (Å²) in [6.07, 6.45) is -2.05. The number of amides is 1. The first kappa shape index (κ1) is 25.6. The SMILES string of the molecule is O=C(NO)C1(S(=O)(=O)N2CCC(c3ccc(OCC(F)(F)C(F)F)cn3)CC2)CCOCC1. The van der Waals surface area contributed by atoms with Crippen LogP contribution in [0.15, 0.2) is 18.3 Å². The molecule has 1 amide bonds. The molecule has 0 unspecified atom stereocenters. The molecule has 0 radical (unpaired) electrons. The Balaban J connectivity index is 1.63. The molecule has 2 aliphatic rings. The normalized spacial score (nSPS) is 20.5. The lowest BCUT2D eigenvalue weighted by atomic mass is 9.94. The highest BCUT2D eigenvalue weighted by atomic mass is 32.2. The number of aromatic nitrogens is 1. The Hall–Kier alpha value is -2.03. The first-order valence-electron chi connectivity index (χ1n) is 10.3. The molecule has 2 N–H and O–H groups in total. The molecule has 33 heavy (non-hydrogen) atoms. The van der Waals surface area contributed by atoms with Crippen LogP contribution in [-0.4, -0.2) is 78.8 Å². The zero-order valence-corrected chi connectivity index (χ0v) is 18.4. The van der Waals surface area contributed by atoms with Crippen LogP contribution in [0.1, 0.15) is 37.3 Å². The number of rotatable bonds is 8. The molecule has 3 rings (SSSR count). The molecule has 0 aromatic carbocycles. The first-order chi connectivity index (χ1) is 15.5. The van der Waals surface area contributed by atoms with E-state index in [1.807, 2.05) is 0 Å².